The molecule has 0 atom stereocenters. The predicted molar refractivity (Wildman–Crippen MR) is 119 cm³/mol. The Bertz CT molecular complexity index is 1080. The van der Waals surface area contributed by atoms with E-state index < -0.39 is 10.0 Å². The van der Waals surface area contributed by atoms with Crippen LogP contribution in [-0.2, 0) is 27.8 Å². The van der Waals surface area contributed by atoms with Gasteiger partial charge in [0, 0.05) is 50.8 Å². The summed E-state index contributed by atoms with van der Waals surface area (Å²) in [5, 5.41) is 2.66. The number of hydrogen-bond donors (Lipinski definition) is 1. The van der Waals surface area contributed by atoms with Crippen molar-refractivity contribution in [2.75, 3.05) is 29.9 Å². The van der Waals surface area contributed by atoms with Crippen molar-refractivity contribution in [2.45, 2.75) is 51.5 Å². The molecule has 2 aliphatic heterocycles. The van der Waals surface area contributed by atoms with Gasteiger partial charge in [0.15, 0.2) is 0 Å². The van der Waals surface area contributed by atoms with Gasteiger partial charge in [0.1, 0.15) is 11.6 Å². The molecule has 1 amide bonds. The van der Waals surface area contributed by atoms with Crippen molar-refractivity contribution in [3.8, 4) is 0 Å². The standard InChI is InChI=1S/C22H29N5O3S/c1-15-8-11-26(12-9-15)22-20-14-27(13-10-21(20)23-16(2)24-22)31(29,30)19-6-4-18(5-7-19)25-17(3)28/h4-7,15H,8-14H2,1-3H3,(H,25,28). The Labute approximate surface area is 183 Å². The molecule has 9 heteroatoms. The van der Waals surface area contributed by atoms with E-state index >= 15 is 0 Å². The van der Waals surface area contributed by atoms with Crippen LogP contribution in [0.3, 0.4) is 0 Å². The van der Waals surface area contributed by atoms with Crippen molar-refractivity contribution in [2.24, 2.45) is 5.92 Å². The molecule has 1 N–H and O–H groups in total. The lowest BCUT2D eigenvalue weighted by Gasteiger charge is -2.35. The molecule has 166 valence electrons. The summed E-state index contributed by atoms with van der Waals surface area (Å²) in [6.07, 6.45) is 2.79. The summed E-state index contributed by atoms with van der Waals surface area (Å²) in [4.78, 5) is 23.0. The number of carbonyl (C=O) groups is 1. The summed E-state index contributed by atoms with van der Waals surface area (Å²) in [6.45, 7) is 8.10. The molecule has 0 aliphatic carbocycles. The van der Waals surface area contributed by atoms with Gasteiger partial charge in [-0.2, -0.15) is 4.31 Å². The monoisotopic (exact) mass is 443 g/mol. The third-order valence-electron chi connectivity index (χ3n) is 6.01. The molecule has 0 radical (unpaired) electrons. The normalized spacial score (nSPS) is 18.0. The number of carbonyl (C=O) groups excluding carboxylic acids is 1. The van der Waals surface area contributed by atoms with Gasteiger partial charge in [-0.3, -0.25) is 4.79 Å². The van der Waals surface area contributed by atoms with Crippen LogP contribution in [0.1, 0.15) is 43.8 Å². The second-order valence-corrected chi connectivity index (χ2v) is 10.4. The van der Waals surface area contributed by atoms with Gasteiger partial charge in [-0.1, -0.05) is 6.92 Å². The summed E-state index contributed by atoms with van der Waals surface area (Å²) < 4.78 is 28.1. The number of amides is 1. The van der Waals surface area contributed by atoms with Crippen LogP contribution >= 0.6 is 0 Å². The molecule has 1 aromatic heterocycles. The first kappa shape index (κ1) is 21.7. The Morgan fingerprint density at radius 2 is 1.77 bits per heavy atom. The summed E-state index contributed by atoms with van der Waals surface area (Å²) in [7, 11) is -3.67. The van der Waals surface area contributed by atoms with Gasteiger partial charge in [0.25, 0.3) is 0 Å². The number of nitrogens with zero attached hydrogens (tertiary/aromatic N) is 4. The fourth-order valence-corrected chi connectivity index (χ4v) is 5.65. The SMILES string of the molecule is CC(=O)Nc1ccc(S(=O)(=O)N2CCc3nc(C)nc(N4CCC(C)CC4)c3C2)cc1. The highest BCUT2D eigenvalue weighted by atomic mass is 32.2. The van der Waals surface area contributed by atoms with Crippen LogP contribution in [0.4, 0.5) is 11.5 Å². The quantitative estimate of drug-likeness (QED) is 0.781. The first-order chi connectivity index (χ1) is 14.7. The number of aromatic nitrogens is 2. The molecular weight excluding hydrogens is 414 g/mol. The van der Waals surface area contributed by atoms with E-state index in [1.165, 1.54) is 23.4 Å². The summed E-state index contributed by atoms with van der Waals surface area (Å²) >= 11 is 0. The van der Waals surface area contributed by atoms with Crippen molar-refractivity contribution in [1.29, 1.82) is 0 Å². The van der Waals surface area contributed by atoms with Gasteiger partial charge in [0.05, 0.1) is 10.6 Å². The molecule has 1 aromatic carbocycles. The summed E-state index contributed by atoms with van der Waals surface area (Å²) in [5.41, 5.74) is 2.44. The molecular formula is C22H29N5O3S. The highest BCUT2D eigenvalue weighted by molar-refractivity contribution is 7.89. The van der Waals surface area contributed by atoms with Gasteiger partial charge in [-0.25, -0.2) is 18.4 Å². The zero-order valence-electron chi connectivity index (χ0n) is 18.3. The van der Waals surface area contributed by atoms with Crippen LogP contribution in [0.2, 0.25) is 0 Å². The topological polar surface area (TPSA) is 95.5 Å². The Morgan fingerprint density at radius 1 is 1.10 bits per heavy atom. The molecule has 0 unspecified atom stereocenters. The zero-order valence-corrected chi connectivity index (χ0v) is 19.1. The largest absolute Gasteiger partial charge is 0.356 e. The van der Waals surface area contributed by atoms with Gasteiger partial charge >= 0.3 is 0 Å². The number of nitrogens with one attached hydrogen (secondary N) is 1. The van der Waals surface area contributed by atoms with Crippen LogP contribution in [0.25, 0.3) is 0 Å². The molecule has 2 aromatic rings. The number of benzene rings is 1. The van der Waals surface area contributed by atoms with Crippen molar-refractivity contribution in [3.63, 3.8) is 0 Å². The van der Waals surface area contributed by atoms with E-state index in [-0.39, 0.29) is 17.3 Å². The second-order valence-electron chi connectivity index (χ2n) is 8.48. The second kappa shape index (κ2) is 8.55. The Kier molecular flexibility index (Phi) is 5.98. The Hall–Kier alpha value is -2.52. The Morgan fingerprint density at radius 3 is 2.42 bits per heavy atom. The minimum Gasteiger partial charge on any atom is -0.356 e. The molecule has 4 rings (SSSR count). The number of sulfonamides is 1. The van der Waals surface area contributed by atoms with E-state index in [0.29, 0.717) is 24.6 Å². The molecule has 1 fully saturated rings. The first-order valence-corrected chi connectivity index (χ1v) is 12.2. The van der Waals surface area contributed by atoms with Gasteiger partial charge in [-0.05, 0) is 49.9 Å². The van der Waals surface area contributed by atoms with E-state index in [1.807, 2.05) is 6.92 Å². The molecule has 0 spiro atoms. The zero-order chi connectivity index (χ0) is 22.2. The summed E-state index contributed by atoms with van der Waals surface area (Å²) in [6, 6.07) is 6.29. The van der Waals surface area contributed by atoms with Crippen molar-refractivity contribution in [1.82, 2.24) is 14.3 Å². The van der Waals surface area contributed by atoms with Crippen molar-refractivity contribution < 1.29 is 13.2 Å². The summed E-state index contributed by atoms with van der Waals surface area (Å²) in [5.74, 6) is 2.12. The molecule has 0 saturated carbocycles. The minimum atomic E-state index is -3.67. The van der Waals surface area contributed by atoms with E-state index in [9.17, 15) is 13.2 Å². The average Bonchev–Trinajstić information content (AvgIpc) is 2.73. The smallest absolute Gasteiger partial charge is 0.243 e. The lowest BCUT2D eigenvalue weighted by atomic mass is 9.98. The van der Waals surface area contributed by atoms with Gasteiger partial charge in [-0.15, -0.1) is 0 Å². The van der Waals surface area contributed by atoms with E-state index in [4.69, 9.17) is 4.98 Å². The number of anilines is 2. The van der Waals surface area contributed by atoms with Crippen LogP contribution in [0.15, 0.2) is 29.2 Å². The number of aryl methyl sites for hydroxylation is 1. The van der Waals surface area contributed by atoms with Gasteiger partial charge in [0.2, 0.25) is 15.9 Å². The van der Waals surface area contributed by atoms with Crippen LogP contribution in [0, 0.1) is 12.8 Å². The minimum absolute atomic E-state index is 0.196. The predicted octanol–water partition coefficient (Wildman–Crippen LogP) is 2.73. The first-order valence-electron chi connectivity index (χ1n) is 10.7. The maximum absolute atomic E-state index is 13.3. The van der Waals surface area contributed by atoms with E-state index in [0.717, 1.165) is 48.8 Å². The molecule has 0 bridgehead atoms. The highest BCUT2D eigenvalue weighted by Gasteiger charge is 2.32. The molecule has 2 aliphatic rings. The van der Waals surface area contributed by atoms with Crippen LogP contribution in [0.5, 0.6) is 0 Å². The fourth-order valence-electron chi connectivity index (χ4n) is 4.24. The highest BCUT2D eigenvalue weighted by Crippen LogP contribution is 2.32. The fraction of sp³-hybridized carbons (Fsp3) is 0.500. The van der Waals surface area contributed by atoms with Gasteiger partial charge < -0.3 is 10.2 Å². The molecule has 1 saturated heterocycles. The van der Waals surface area contributed by atoms with Crippen molar-refractivity contribution in [3.05, 3.63) is 41.3 Å². The molecule has 31 heavy (non-hydrogen) atoms. The third kappa shape index (κ3) is 4.57. The Balaban J connectivity index is 1.61. The third-order valence-corrected chi connectivity index (χ3v) is 7.87. The lowest BCUT2D eigenvalue weighted by molar-refractivity contribution is -0.114. The van der Waals surface area contributed by atoms with E-state index in [2.05, 4.69) is 22.1 Å². The number of hydrogen-bond acceptors (Lipinski definition) is 6. The number of piperidine rings is 1. The van der Waals surface area contributed by atoms with Crippen LogP contribution in [-0.4, -0.2) is 48.2 Å². The molecule has 8 nitrogen and oxygen atoms in total. The maximum Gasteiger partial charge on any atom is 0.243 e. The van der Waals surface area contributed by atoms with Crippen LogP contribution < -0.4 is 10.2 Å². The lowest BCUT2D eigenvalue weighted by Crippen LogP contribution is -2.40. The van der Waals surface area contributed by atoms with Crippen molar-refractivity contribution >= 4 is 27.4 Å². The number of fused-ring (bicyclic) bond motifs is 1. The average molecular weight is 444 g/mol. The maximum atomic E-state index is 13.3. The van der Waals surface area contributed by atoms with E-state index in [1.54, 1.807) is 12.1 Å². The number of rotatable bonds is 4. The molecule has 3 heterocycles.